The molecule has 7 heteroatoms. The van der Waals surface area contributed by atoms with Crippen LogP contribution in [0, 0.1) is 19.8 Å². The molecule has 1 amide bonds. The standard InChI is InChI=1S/C11H10N3OS.C11H24O.C2H6.K/c1-7-4-3-5-9(12-7)10-6-16-11(14-10)13-8(2)15;1-6-9(3)8-11(5)12-10(4)7-2;1-2;/h3-6H,2H2,1H3,(H,13,14,15);9-11H,6-8H2,1-5H3;1-2H3;/q-1;;;+1. The molecule has 2 rings (SSSR count). The Labute approximate surface area is 236 Å². The van der Waals surface area contributed by atoms with Crippen LogP contribution in [0.25, 0.3) is 11.4 Å². The van der Waals surface area contributed by atoms with Gasteiger partial charge in [-0.05, 0) is 51.7 Å². The van der Waals surface area contributed by atoms with Gasteiger partial charge in [0.1, 0.15) is 5.69 Å². The van der Waals surface area contributed by atoms with Crippen molar-refractivity contribution >= 4 is 22.4 Å². The number of ether oxygens (including phenoxy) is 1. The van der Waals surface area contributed by atoms with E-state index in [1.807, 2.05) is 44.4 Å². The summed E-state index contributed by atoms with van der Waals surface area (Å²) in [6, 6.07) is 5.74. The van der Waals surface area contributed by atoms with Crippen LogP contribution in [0.5, 0.6) is 0 Å². The SMILES string of the molecule is CC.CCC(C)CC(C)OC(C)CC.[CH2-]C(=O)Nc1nc(-c2cccc(C)n2)cs1.[K+]. The van der Waals surface area contributed by atoms with Crippen molar-refractivity contribution in [1.82, 2.24) is 9.97 Å². The quantitative estimate of drug-likeness (QED) is 0.466. The molecular weight excluding hydrogens is 433 g/mol. The van der Waals surface area contributed by atoms with Crippen molar-refractivity contribution < 1.29 is 60.9 Å². The fraction of sp³-hybridized carbons (Fsp3) is 0.583. The van der Waals surface area contributed by atoms with Crippen LogP contribution in [0.4, 0.5) is 5.13 Å². The van der Waals surface area contributed by atoms with Crippen molar-refractivity contribution in [2.45, 2.75) is 86.9 Å². The smallest absolute Gasteiger partial charge is 0.376 e. The molecule has 5 nitrogen and oxygen atoms in total. The van der Waals surface area contributed by atoms with Gasteiger partial charge >= 0.3 is 51.4 Å². The second-order valence-corrected chi connectivity index (χ2v) is 8.02. The molecule has 0 aromatic carbocycles. The molecule has 2 aromatic heterocycles. The van der Waals surface area contributed by atoms with E-state index in [4.69, 9.17) is 4.74 Å². The van der Waals surface area contributed by atoms with E-state index in [0.29, 0.717) is 17.3 Å². The van der Waals surface area contributed by atoms with E-state index in [-0.39, 0.29) is 57.3 Å². The zero-order valence-electron chi connectivity index (χ0n) is 21.0. The van der Waals surface area contributed by atoms with Crippen LogP contribution in [0.3, 0.4) is 0 Å². The molecule has 0 radical (unpaired) electrons. The molecule has 0 aliphatic carbocycles. The van der Waals surface area contributed by atoms with Crippen LogP contribution in [-0.4, -0.2) is 28.1 Å². The zero-order chi connectivity index (χ0) is 23.1. The summed E-state index contributed by atoms with van der Waals surface area (Å²) in [5.74, 6) is 0.433. The molecule has 3 unspecified atom stereocenters. The number of carbonyl (C=O) groups excluding carboxylic acids is 1. The number of rotatable bonds is 8. The van der Waals surface area contributed by atoms with Crippen molar-refractivity contribution in [3.8, 4) is 11.4 Å². The Morgan fingerprint density at radius 3 is 2.26 bits per heavy atom. The van der Waals surface area contributed by atoms with E-state index < -0.39 is 0 Å². The minimum absolute atomic E-state index is 0. The van der Waals surface area contributed by atoms with E-state index in [9.17, 15) is 4.79 Å². The predicted octanol–water partition coefficient (Wildman–Crippen LogP) is 3.94. The van der Waals surface area contributed by atoms with Crippen LogP contribution >= 0.6 is 11.3 Å². The van der Waals surface area contributed by atoms with Gasteiger partial charge in [-0.15, -0.1) is 11.3 Å². The van der Waals surface area contributed by atoms with Crippen molar-refractivity contribution in [3.63, 3.8) is 0 Å². The van der Waals surface area contributed by atoms with Gasteiger partial charge in [-0.3, -0.25) is 4.98 Å². The van der Waals surface area contributed by atoms with Gasteiger partial charge in [0.2, 0.25) is 0 Å². The summed E-state index contributed by atoms with van der Waals surface area (Å²) in [5, 5.41) is 4.93. The van der Waals surface area contributed by atoms with Crippen molar-refractivity contribution in [2.75, 3.05) is 5.32 Å². The van der Waals surface area contributed by atoms with Gasteiger partial charge in [0.05, 0.1) is 23.8 Å². The first-order valence-corrected chi connectivity index (χ1v) is 11.8. The van der Waals surface area contributed by atoms with E-state index in [1.165, 1.54) is 24.2 Å². The largest absolute Gasteiger partial charge is 1.00 e. The number of carbonyl (C=O) groups is 1. The molecule has 0 aliphatic rings. The Kier molecular flexibility index (Phi) is 20.4. The van der Waals surface area contributed by atoms with Gasteiger partial charge in [0, 0.05) is 11.1 Å². The first-order chi connectivity index (χ1) is 14.2. The Morgan fingerprint density at radius 1 is 1.10 bits per heavy atom. The molecule has 0 aliphatic heterocycles. The summed E-state index contributed by atoms with van der Waals surface area (Å²) in [4.78, 5) is 19.3. The third kappa shape index (κ3) is 15.2. The minimum atomic E-state index is -0.363. The molecule has 31 heavy (non-hydrogen) atoms. The number of pyridine rings is 1. The van der Waals surface area contributed by atoms with Crippen LogP contribution in [0.15, 0.2) is 23.6 Å². The maximum Gasteiger partial charge on any atom is 1.00 e. The summed E-state index contributed by atoms with van der Waals surface area (Å²) < 4.78 is 5.77. The summed E-state index contributed by atoms with van der Waals surface area (Å²) in [6.07, 6.45) is 4.42. The first kappa shape index (κ1) is 32.9. The number of nitrogens with zero attached hydrogens (tertiary/aromatic N) is 2. The summed E-state index contributed by atoms with van der Waals surface area (Å²) in [5.41, 5.74) is 2.51. The number of amides is 1. The topological polar surface area (TPSA) is 64.1 Å². The maximum atomic E-state index is 10.7. The Hall–Kier alpha value is -0.284. The van der Waals surface area contributed by atoms with Crippen LogP contribution < -0.4 is 56.7 Å². The van der Waals surface area contributed by atoms with E-state index in [1.54, 1.807) is 0 Å². The molecule has 1 N–H and O–H groups in total. The molecule has 0 spiro atoms. The first-order valence-electron chi connectivity index (χ1n) is 10.9. The Morgan fingerprint density at radius 2 is 1.74 bits per heavy atom. The second-order valence-electron chi connectivity index (χ2n) is 7.16. The fourth-order valence-corrected chi connectivity index (χ4v) is 3.26. The van der Waals surface area contributed by atoms with E-state index >= 15 is 0 Å². The number of hydrogen-bond acceptors (Lipinski definition) is 5. The molecule has 0 fully saturated rings. The molecule has 170 valence electrons. The van der Waals surface area contributed by atoms with Gasteiger partial charge in [-0.25, -0.2) is 4.98 Å². The number of aryl methyl sites for hydroxylation is 1. The minimum Gasteiger partial charge on any atom is -0.376 e. The number of aromatic nitrogens is 2. The third-order valence-electron chi connectivity index (χ3n) is 4.37. The zero-order valence-corrected chi connectivity index (χ0v) is 24.9. The van der Waals surface area contributed by atoms with Gasteiger partial charge in [-0.2, -0.15) is 0 Å². The molecule has 2 heterocycles. The Bertz CT molecular complexity index is 712. The number of nitrogens with one attached hydrogen (secondary N) is 1. The second kappa shape index (κ2) is 19.2. The van der Waals surface area contributed by atoms with Gasteiger partial charge < -0.3 is 21.8 Å². The van der Waals surface area contributed by atoms with Gasteiger partial charge in [0.15, 0.2) is 5.13 Å². The van der Waals surface area contributed by atoms with Crippen molar-refractivity contribution in [3.05, 3.63) is 36.2 Å². The molecular formula is C24H40KN3O2S. The summed E-state index contributed by atoms with van der Waals surface area (Å²) in [6.45, 7) is 20.2. The Balaban J connectivity index is 0. The maximum absolute atomic E-state index is 10.7. The third-order valence-corrected chi connectivity index (χ3v) is 5.13. The van der Waals surface area contributed by atoms with Crippen LogP contribution in [0.1, 0.15) is 73.4 Å². The molecule has 0 saturated heterocycles. The van der Waals surface area contributed by atoms with Gasteiger partial charge in [0.25, 0.3) is 0 Å². The monoisotopic (exact) mass is 473 g/mol. The fourth-order valence-electron chi connectivity index (χ4n) is 2.54. The van der Waals surface area contributed by atoms with E-state index in [0.717, 1.165) is 29.4 Å². The van der Waals surface area contributed by atoms with Crippen molar-refractivity contribution in [1.29, 1.82) is 0 Å². The number of hydrogen-bond donors (Lipinski definition) is 1. The van der Waals surface area contributed by atoms with Crippen molar-refractivity contribution in [2.24, 2.45) is 5.92 Å². The average molecular weight is 474 g/mol. The van der Waals surface area contributed by atoms with Gasteiger partial charge in [-0.1, -0.05) is 47.1 Å². The normalized spacial score (nSPS) is 12.6. The molecule has 2 aromatic rings. The molecule has 0 bridgehead atoms. The average Bonchev–Trinajstić information content (AvgIpc) is 3.17. The summed E-state index contributed by atoms with van der Waals surface area (Å²) in [7, 11) is 0. The molecule has 3 atom stereocenters. The number of thiazole rings is 1. The van der Waals surface area contributed by atoms with Crippen LogP contribution in [0.2, 0.25) is 0 Å². The predicted molar refractivity (Wildman–Crippen MR) is 130 cm³/mol. The molecule has 0 saturated carbocycles. The number of anilines is 1. The summed E-state index contributed by atoms with van der Waals surface area (Å²) >= 11 is 1.36. The van der Waals surface area contributed by atoms with E-state index in [2.05, 4.69) is 56.8 Å². The van der Waals surface area contributed by atoms with Crippen LogP contribution in [-0.2, 0) is 9.53 Å².